The molecule has 0 amide bonds. The van der Waals surface area contributed by atoms with E-state index in [2.05, 4.69) is 17.6 Å². The van der Waals surface area contributed by atoms with Crippen LogP contribution >= 0.6 is 0 Å². The Kier molecular flexibility index (Phi) is 4.77. The van der Waals surface area contributed by atoms with Crippen LogP contribution in [-0.4, -0.2) is 11.5 Å². The topological polar surface area (TPSA) is 67.2 Å². The largest absolute Gasteiger partial charge is 0.380 e. The fourth-order valence-corrected chi connectivity index (χ4v) is 2.15. The average molecular weight is 285 g/mol. The van der Waals surface area contributed by atoms with Gasteiger partial charge in [-0.15, -0.1) is 0 Å². The van der Waals surface area contributed by atoms with Crippen molar-refractivity contribution in [2.24, 2.45) is 0 Å². The van der Waals surface area contributed by atoms with Gasteiger partial charge in [-0.05, 0) is 43.2 Å². The molecule has 0 spiro atoms. The van der Waals surface area contributed by atoms with Crippen molar-refractivity contribution >= 4 is 22.7 Å². The van der Waals surface area contributed by atoms with Crippen molar-refractivity contribution in [3.05, 3.63) is 58.1 Å². The Hall–Kier alpha value is -2.56. The zero-order chi connectivity index (χ0) is 15.2. The highest BCUT2D eigenvalue weighted by Gasteiger charge is 2.19. The molecule has 0 aromatic heterocycles. The SMILES string of the molecule is CCNc1cccc(Nc2ccc(CC)cc2)c1[N+](=O)[O-]. The van der Waals surface area contributed by atoms with Crippen LogP contribution in [-0.2, 0) is 6.42 Å². The van der Waals surface area contributed by atoms with Gasteiger partial charge in [0.1, 0.15) is 11.4 Å². The number of hydrogen-bond acceptors (Lipinski definition) is 4. The van der Waals surface area contributed by atoms with E-state index < -0.39 is 0 Å². The van der Waals surface area contributed by atoms with Crippen molar-refractivity contribution in [1.29, 1.82) is 0 Å². The number of nitrogens with one attached hydrogen (secondary N) is 2. The summed E-state index contributed by atoms with van der Waals surface area (Å²) in [4.78, 5) is 11.0. The lowest BCUT2D eigenvalue weighted by molar-refractivity contribution is -0.383. The maximum Gasteiger partial charge on any atom is 0.315 e. The Balaban J connectivity index is 2.33. The van der Waals surface area contributed by atoms with E-state index in [1.807, 2.05) is 31.2 Å². The molecule has 0 saturated carbocycles. The number of rotatable bonds is 6. The highest BCUT2D eigenvalue weighted by molar-refractivity contribution is 5.79. The zero-order valence-electron chi connectivity index (χ0n) is 12.2. The van der Waals surface area contributed by atoms with Crippen LogP contribution in [0.5, 0.6) is 0 Å². The molecule has 5 nitrogen and oxygen atoms in total. The van der Waals surface area contributed by atoms with E-state index in [1.54, 1.807) is 18.2 Å². The van der Waals surface area contributed by atoms with Crippen molar-refractivity contribution < 1.29 is 4.92 Å². The van der Waals surface area contributed by atoms with Crippen molar-refractivity contribution in [3.8, 4) is 0 Å². The molecule has 2 aromatic rings. The number of nitro benzene ring substituents is 1. The van der Waals surface area contributed by atoms with Crippen LogP contribution in [0.25, 0.3) is 0 Å². The molecule has 0 atom stereocenters. The molecule has 0 radical (unpaired) electrons. The smallest absolute Gasteiger partial charge is 0.315 e. The van der Waals surface area contributed by atoms with Crippen LogP contribution in [0.15, 0.2) is 42.5 Å². The maximum atomic E-state index is 11.3. The summed E-state index contributed by atoms with van der Waals surface area (Å²) in [5.74, 6) is 0. The fraction of sp³-hybridized carbons (Fsp3) is 0.250. The lowest BCUT2D eigenvalue weighted by Crippen LogP contribution is -2.04. The Morgan fingerprint density at radius 3 is 2.29 bits per heavy atom. The van der Waals surface area contributed by atoms with Crippen LogP contribution in [0.1, 0.15) is 19.4 Å². The molecule has 0 aliphatic carbocycles. The third kappa shape index (κ3) is 3.51. The van der Waals surface area contributed by atoms with Crippen molar-refractivity contribution in [2.45, 2.75) is 20.3 Å². The molecule has 110 valence electrons. The van der Waals surface area contributed by atoms with Gasteiger partial charge in [0, 0.05) is 12.2 Å². The van der Waals surface area contributed by atoms with E-state index >= 15 is 0 Å². The van der Waals surface area contributed by atoms with Gasteiger partial charge in [0.25, 0.3) is 0 Å². The summed E-state index contributed by atoms with van der Waals surface area (Å²) in [5, 5.41) is 17.5. The first kappa shape index (κ1) is 14.8. The second-order valence-electron chi connectivity index (χ2n) is 4.66. The molecule has 0 heterocycles. The highest BCUT2D eigenvalue weighted by atomic mass is 16.6. The standard InChI is InChI=1S/C16H19N3O2/c1-3-12-8-10-13(11-9-12)18-15-7-5-6-14(17-4-2)16(15)19(20)21/h5-11,17-18H,3-4H2,1-2H3. The number of anilines is 3. The second kappa shape index (κ2) is 6.74. The lowest BCUT2D eigenvalue weighted by Gasteiger charge is -2.11. The number of aryl methyl sites for hydroxylation is 1. The van der Waals surface area contributed by atoms with Gasteiger partial charge in [-0.3, -0.25) is 10.1 Å². The lowest BCUT2D eigenvalue weighted by atomic mass is 10.1. The van der Waals surface area contributed by atoms with Gasteiger partial charge in [-0.2, -0.15) is 0 Å². The van der Waals surface area contributed by atoms with Crippen molar-refractivity contribution in [2.75, 3.05) is 17.2 Å². The Morgan fingerprint density at radius 2 is 1.71 bits per heavy atom. The first-order chi connectivity index (χ1) is 10.2. The normalized spacial score (nSPS) is 10.2. The van der Waals surface area contributed by atoms with Crippen molar-refractivity contribution in [3.63, 3.8) is 0 Å². The molecule has 5 heteroatoms. The molecular formula is C16H19N3O2. The monoisotopic (exact) mass is 285 g/mol. The molecule has 2 rings (SSSR count). The van der Waals surface area contributed by atoms with Crippen LogP contribution < -0.4 is 10.6 Å². The summed E-state index contributed by atoms with van der Waals surface area (Å²) in [6.07, 6.45) is 0.969. The molecule has 0 aliphatic rings. The summed E-state index contributed by atoms with van der Waals surface area (Å²) < 4.78 is 0. The molecule has 0 fully saturated rings. The molecule has 21 heavy (non-hydrogen) atoms. The minimum absolute atomic E-state index is 0.0684. The van der Waals surface area contributed by atoms with Gasteiger partial charge < -0.3 is 10.6 Å². The average Bonchev–Trinajstić information content (AvgIpc) is 2.48. The van der Waals surface area contributed by atoms with Crippen LogP contribution in [0.3, 0.4) is 0 Å². The molecular weight excluding hydrogens is 266 g/mol. The molecule has 0 aliphatic heterocycles. The maximum absolute atomic E-state index is 11.3. The van der Waals surface area contributed by atoms with Crippen LogP contribution in [0, 0.1) is 10.1 Å². The quantitative estimate of drug-likeness (QED) is 0.612. The molecule has 0 saturated heterocycles. The summed E-state index contributed by atoms with van der Waals surface area (Å²) in [6.45, 7) is 4.63. The summed E-state index contributed by atoms with van der Waals surface area (Å²) in [7, 11) is 0. The number of nitro groups is 1. The molecule has 0 bridgehead atoms. The molecule has 2 N–H and O–H groups in total. The van der Waals surface area contributed by atoms with Crippen LogP contribution in [0.2, 0.25) is 0 Å². The fourth-order valence-electron chi connectivity index (χ4n) is 2.15. The molecule has 2 aromatic carbocycles. The van der Waals surface area contributed by atoms with E-state index in [9.17, 15) is 10.1 Å². The predicted molar refractivity (Wildman–Crippen MR) is 86.4 cm³/mol. The first-order valence-electron chi connectivity index (χ1n) is 7.03. The summed E-state index contributed by atoms with van der Waals surface area (Å²) >= 11 is 0. The number of hydrogen-bond donors (Lipinski definition) is 2. The predicted octanol–water partition coefficient (Wildman–Crippen LogP) is 4.33. The minimum atomic E-state index is -0.360. The first-order valence-corrected chi connectivity index (χ1v) is 7.03. The number of benzene rings is 2. The van der Waals surface area contributed by atoms with Gasteiger partial charge in [0.05, 0.1) is 4.92 Å². The van der Waals surface area contributed by atoms with Gasteiger partial charge >= 0.3 is 5.69 Å². The van der Waals surface area contributed by atoms with E-state index in [-0.39, 0.29) is 10.6 Å². The summed E-state index contributed by atoms with van der Waals surface area (Å²) in [5.41, 5.74) is 3.15. The highest BCUT2D eigenvalue weighted by Crippen LogP contribution is 2.34. The van der Waals surface area contributed by atoms with Gasteiger partial charge in [0.15, 0.2) is 0 Å². The number of para-hydroxylation sites is 1. The van der Waals surface area contributed by atoms with E-state index in [4.69, 9.17) is 0 Å². The molecule has 0 unspecified atom stereocenters. The number of nitrogens with zero attached hydrogens (tertiary/aromatic N) is 1. The third-order valence-electron chi connectivity index (χ3n) is 3.23. The second-order valence-corrected chi connectivity index (χ2v) is 4.66. The Bertz CT molecular complexity index is 624. The minimum Gasteiger partial charge on any atom is -0.380 e. The van der Waals surface area contributed by atoms with Gasteiger partial charge in [-0.25, -0.2) is 0 Å². The van der Waals surface area contributed by atoms with E-state index in [0.717, 1.165) is 12.1 Å². The Morgan fingerprint density at radius 1 is 1.05 bits per heavy atom. The van der Waals surface area contributed by atoms with Gasteiger partial charge in [-0.1, -0.05) is 25.1 Å². The summed E-state index contributed by atoms with van der Waals surface area (Å²) in [6, 6.07) is 13.1. The zero-order valence-corrected chi connectivity index (χ0v) is 12.2. The van der Waals surface area contributed by atoms with Crippen molar-refractivity contribution in [1.82, 2.24) is 0 Å². The van der Waals surface area contributed by atoms with E-state index in [1.165, 1.54) is 5.56 Å². The Labute approximate surface area is 124 Å². The third-order valence-corrected chi connectivity index (χ3v) is 3.23. The van der Waals surface area contributed by atoms with Crippen LogP contribution in [0.4, 0.5) is 22.7 Å². The van der Waals surface area contributed by atoms with E-state index in [0.29, 0.717) is 17.9 Å². The van der Waals surface area contributed by atoms with Gasteiger partial charge in [0.2, 0.25) is 0 Å².